The molecule has 9 heteroatoms. The molecule has 3 rings (SSSR count). The lowest BCUT2D eigenvalue weighted by Gasteiger charge is -2.14. The van der Waals surface area contributed by atoms with Crippen molar-refractivity contribution in [2.24, 2.45) is 0 Å². The highest BCUT2D eigenvalue weighted by atomic mass is 35.5. The van der Waals surface area contributed by atoms with Gasteiger partial charge in [-0.05, 0) is 61.4 Å². The Hall–Kier alpha value is -2.19. The monoisotopic (exact) mass is 522 g/mol. The standard InChI is InChI=1S/C24H24Cl2N2O3S2/c1-16-9-11-18(12-10-16)33(30,31)28-23-8-3-5-19(17(23)2)24(29)27-13-14-32-15-20-21(25)6-4-7-22(20)26/h3-12,28H,13-15H2,1-2H3,(H,27,29). The van der Waals surface area contributed by atoms with Crippen molar-refractivity contribution in [3.63, 3.8) is 0 Å². The maximum atomic E-state index is 12.7. The van der Waals surface area contributed by atoms with E-state index in [-0.39, 0.29) is 10.8 Å². The summed E-state index contributed by atoms with van der Waals surface area (Å²) < 4.78 is 28.0. The van der Waals surface area contributed by atoms with Crippen LogP contribution in [0, 0.1) is 13.8 Å². The molecule has 3 aromatic carbocycles. The molecule has 0 atom stereocenters. The molecular formula is C24H24Cl2N2O3S2. The van der Waals surface area contributed by atoms with E-state index in [4.69, 9.17) is 23.2 Å². The number of nitrogens with one attached hydrogen (secondary N) is 2. The van der Waals surface area contributed by atoms with E-state index in [0.29, 0.717) is 44.9 Å². The number of sulfonamides is 1. The van der Waals surface area contributed by atoms with Crippen molar-refractivity contribution in [2.75, 3.05) is 17.0 Å². The van der Waals surface area contributed by atoms with Gasteiger partial charge < -0.3 is 5.32 Å². The predicted molar refractivity (Wildman–Crippen MR) is 138 cm³/mol. The van der Waals surface area contributed by atoms with Crippen LogP contribution in [0.3, 0.4) is 0 Å². The summed E-state index contributed by atoms with van der Waals surface area (Å²) in [6, 6.07) is 17.0. The Morgan fingerprint density at radius 1 is 0.939 bits per heavy atom. The van der Waals surface area contributed by atoms with Crippen molar-refractivity contribution >= 4 is 56.6 Å². The maximum Gasteiger partial charge on any atom is 0.261 e. The van der Waals surface area contributed by atoms with Crippen molar-refractivity contribution in [2.45, 2.75) is 24.5 Å². The Bertz CT molecular complexity index is 1230. The molecule has 5 nitrogen and oxygen atoms in total. The van der Waals surface area contributed by atoms with Crippen LogP contribution < -0.4 is 10.0 Å². The first-order chi connectivity index (χ1) is 15.7. The van der Waals surface area contributed by atoms with Gasteiger partial charge in [0.15, 0.2) is 0 Å². The number of thioether (sulfide) groups is 1. The van der Waals surface area contributed by atoms with Crippen LogP contribution in [-0.2, 0) is 15.8 Å². The largest absolute Gasteiger partial charge is 0.351 e. The Labute approximate surface area is 208 Å². The highest BCUT2D eigenvalue weighted by molar-refractivity contribution is 7.98. The number of hydrogen-bond donors (Lipinski definition) is 2. The molecule has 1 amide bonds. The molecule has 0 radical (unpaired) electrons. The normalized spacial score (nSPS) is 11.3. The van der Waals surface area contributed by atoms with Gasteiger partial charge in [-0.1, -0.05) is 53.0 Å². The van der Waals surface area contributed by atoms with Crippen LogP contribution in [0.15, 0.2) is 65.6 Å². The number of aryl methyl sites for hydroxylation is 1. The molecule has 0 spiro atoms. The summed E-state index contributed by atoms with van der Waals surface area (Å²) in [5.74, 6) is 1.05. The van der Waals surface area contributed by atoms with Gasteiger partial charge in [-0.2, -0.15) is 11.8 Å². The molecule has 0 unspecified atom stereocenters. The van der Waals surface area contributed by atoms with Crippen LogP contribution in [0.1, 0.15) is 27.0 Å². The van der Waals surface area contributed by atoms with Gasteiger partial charge in [0.2, 0.25) is 0 Å². The van der Waals surface area contributed by atoms with Gasteiger partial charge in [-0.3, -0.25) is 9.52 Å². The zero-order chi connectivity index (χ0) is 24.0. The molecule has 0 aromatic heterocycles. The van der Waals surface area contributed by atoms with Crippen molar-refractivity contribution in [3.05, 3.63) is 93.0 Å². The van der Waals surface area contributed by atoms with E-state index in [0.717, 1.165) is 11.1 Å². The van der Waals surface area contributed by atoms with Crippen LogP contribution in [0.4, 0.5) is 5.69 Å². The van der Waals surface area contributed by atoms with E-state index in [2.05, 4.69) is 10.0 Å². The van der Waals surface area contributed by atoms with Crippen molar-refractivity contribution in [1.29, 1.82) is 0 Å². The van der Waals surface area contributed by atoms with Gasteiger partial charge in [0.05, 0.1) is 10.6 Å². The Balaban J connectivity index is 1.59. The lowest BCUT2D eigenvalue weighted by atomic mass is 10.1. The minimum absolute atomic E-state index is 0.165. The second-order valence-corrected chi connectivity index (χ2v) is 11.0. The van der Waals surface area contributed by atoms with E-state index < -0.39 is 10.0 Å². The fourth-order valence-electron chi connectivity index (χ4n) is 3.09. The highest BCUT2D eigenvalue weighted by Crippen LogP contribution is 2.28. The van der Waals surface area contributed by atoms with Crippen molar-refractivity contribution in [1.82, 2.24) is 5.32 Å². The predicted octanol–water partition coefficient (Wildman–Crippen LogP) is 6.07. The van der Waals surface area contributed by atoms with Crippen molar-refractivity contribution in [3.8, 4) is 0 Å². The fraction of sp³-hybridized carbons (Fsp3) is 0.208. The molecule has 0 aliphatic heterocycles. The molecule has 0 aliphatic carbocycles. The number of halogens is 2. The van der Waals surface area contributed by atoms with E-state index in [1.54, 1.807) is 79.3 Å². The highest BCUT2D eigenvalue weighted by Gasteiger charge is 2.18. The molecule has 3 aromatic rings. The third kappa shape index (κ3) is 6.67. The van der Waals surface area contributed by atoms with Gasteiger partial charge in [-0.15, -0.1) is 0 Å². The SMILES string of the molecule is Cc1ccc(S(=O)(=O)Nc2cccc(C(=O)NCCSCc3c(Cl)cccc3Cl)c2C)cc1. The topological polar surface area (TPSA) is 75.3 Å². The van der Waals surface area contributed by atoms with Gasteiger partial charge in [0.25, 0.3) is 15.9 Å². The van der Waals surface area contributed by atoms with E-state index in [9.17, 15) is 13.2 Å². The zero-order valence-corrected chi connectivity index (χ0v) is 21.3. The minimum Gasteiger partial charge on any atom is -0.351 e. The number of anilines is 1. The average molecular weight is 524 g/mol. The molecule has 0 fully saturated rings. The third-order valence-corrected chi connectivity index (χ3v) is 8.07. The number of amides is 1. The third-order valence-electron chi connectivity index (χ3n) is 4.99. The lowest BCUT2D eigenvalue weighted by Crippen LogP contribution is -2.27. The Kier molecular flexibility index (Phi) is 8.70. The van der Waals surface area contributed by atoms with E-state index in [1.807, 2.05) is 6.92 Å². The number of hydrogen-bond acceptors (Lipinski definition) is 4. The van der Waals surface area contributed by atoms with Crippen molar-refractivity contribution < 1.29 is 13.2 Å². The summed E-state index contributed by atoms with van der Waals surface area (Å²) in [5.41, 5.74) is 3.18. The first-order valence-corrected chi connectivity index (χ1v) is 13.6. The smallest absolute Gasteiger partial charge is 0.261 e. The Morgan fingerprint density at radius 3 is 2.24 bits per heavy atom. The summed E-state index contributed by atoms with van der Waals surface area (Å²) in [7, 11) is -3.76. The summed E-state index contributed by atoms with van der Waals surface area (Å²) in [6.45, 7) is 4.06. The van der Waals surface area contributed by atoms with Gasteiger partial charge in [0.1, 0.15) is 0 Å². The van der Waals surface area contributed by atoms with E-state index in [1.165, 1.54) is 0 Å². The van der Waals surface area contributed by atoms with Gasteiger partial charge in [-0.25, -0.2) is 8.42 Å². The molecule has 0 aliphatic rings. The second kappa shape index (κ2) is 11.3. The molecule has 0 heterocycles. The zero-order valence-electron chi connectivity index (χ0n) is 18.2. The first kappa shape index (κ1) is 25.4. The molecular weight excluding hydrogens is 499 g/mol. The van der Waals surface area contributed by atoms with Crippen LogP contribution in [0.2, 0.25) is 10.0 Å². The molecule has 0 saturated carbocycles. The Morgan fingerprint density at radius 2 is 1.58 bits per heavy atom. The second-order valence-electron chi connectivity index (χ2n) is 7.41. The molecule has 0 saturated heterocycles. The summed E-state index contributed by atoms with van der Waals surface area (Å²) in [5, 5.41) is 4.13. The molecule has 33 heavy (non-hydrogen) atoms. The summed E-state index contributed by atoms with van der Waals surface area (Å²) in [6.07, 6.45) is 0. The number of carbonyl (C=O) groups excluding carboxylic acids is 1. The summed E-state index contributed by atoms with van der Waals surface area (Å²) >= 11 is 14.0. The minimum atomic E-state index is -3.76. The quantitative estimate of drug-likeness (QED) is 0.334. The fourth-order valence-corrected chi connectivity index (χ4v) is 5.81. The number of rotatable bonds is 9. The maximum absolute atomic E-state index is 12.7. The molecule has 0 bridgehead atoms. The lowest BCUT2D eigenvalue weighted by molar-refractivity contribution is 0.0955. The number of carbonyl (C=O) groups is 1. The molecule has 174 valence electrons. The van der Waals surface area contributed by atoms with Crippen LogP contribution >= 0.6 is 35.0 Å². The first-order valence-electron chi connectivity index (χ1n) is 10.2. The summed E-state index contributed by atoms with van der Waals surface area (Å²) in [4.78, 5) is 12.9. The van der Waals surface area contributed by atoms with E-state index >= 15 is 0 Å². The van der Waals surface area contributed by atoms with Crippen LogP contribution in [0.5, 0.6) is 0 Å². The van der Waals surface area contributed by atoms with Crippen LogP contribution in [0.25, 0.3) is 0 Å². The van der Waals surface area contributed by atoms with Gasteiger partial charge >= 0.3 is 0 Å². The average Bonchev–Trinajstić information content (AvgIpc) is 2.77. The van der Waals surface area contributed by atoms with Gasteiger partial charge in [0, 0.05) is 33.7 Å². The molecule has 2 N–H and O–H groups in total. The van der Waals surface area contributed by atoms with Crippen LogP contribution in [-0.4, -0.2) is 26.6 Å². The number of benzene rings is 3.